The van der Waals surface area contributed by atoms with Crippen LogP contribution in [0.1, 0.15) is 24.2 Å². The van der Waals surface area contributed by atoms with Crippen molar-refractivity contribution in [1.82, 2.24) is 0 Å². The van der Waals surface area contributed by atoms with Crippen molar-refractivity contribution in [3.63, 3.8) is 0 Å². The van der Waals surface area contributed by atoms with Crippen LogP contribution in [0.3, 0.4) is 0 Å². The van der Waals surface area contributed by atoms with Gasteiger partial charge in [0.2, 0.25) is 0 Å². The van der Waals surface area contributed by atoms with Gasteiger partial charge in [0.25, 0.3) is 5.91 Å². The molecule has 1 N–H and O–H groups in total. The van der Waals surface area contributed by atoms with Crippen molar-refractivity contribution in [1.29, 1.82) is 0 Å². The predicted molar refractivity (Wildman–Crippen MR) is 91.6 cm³/mol. The number of anilines is 1. The minimum atomic E-state index is -0.785. The summed E-state index contributed by atoms with van der Waals surface area (Å²) in [5.74, 6) is -0.0999. The first-order chi connectivity index (χ1) is 10.9. The maximum atomic E-state index is 12.2. The molecule has 1 amide bonds. The number of halogens is 2. The molecule has 4 nitrogen and oxygen atoms in total. The van der Waals surface area contributed by atoms with Crippen LogP contribution >= 0.6 is 23.2 Å². The van der Waals surface area contributed by atoms with Gasteiger partial charge in [0.15, 0.2) is 11.9 Å². The number of amides is 1. The molecule has 0 saturated carbocycles. The smallest absolute Gasteiger partial charge is 0.265 e. The lowest BCUT2D eigenvalue weighted by Crippen LogP contribution is -2.30. The molecule has 0 aromatic heterocycles. The molecule has 6 heteroatoms. The van der Waals surface area contributed by atoms with Gasteiger partial charge >= 0.3 is 0 Å². The van der Waals surface area contributed by atoms with Crippen molar-refractivity contribution in [3.05, 3.63) is 58.1 Å². The fourth-order valence-corrected chi connectivity index (χ4v) is 2.22. The number of benzene rings is 2. The summed E-state index contributed by atoms with van der Waals surface area (Å²) in [6.45, 7) is 3.06. The summed E-state index contributed by atoms with van der Waals surface area (Å²) in [7, 11) is 0. The third-order valence-electron chi connectivity index (χ3n) is 3.13. The van der Waals surface area contributed by atoms with Crippen molar-refractivity contribution in [2.24, 2.45) is 0 Å². The molecular formula is C17H15Cl2NO3. The van der Waals surface area contributed by atoms with Crippen molar-refractivity contribution in [3.8, 4) is 5.75 Å². The molecule has 2 aromatic carbocycles. The molecule has 2 aromatic rings. The number of hydrogen-bond donors (Lipinski definition) is 1. The molecule has 0 saturated heterocycles. The summed E-state index contributed by atoms with van der Waals surface area (Å²) >= 11 is 11.9. The number of hydrogen-bond acceptors (Lipinski definition) is 3. The fraction of sp³-hybridized carbons (Fsp3) is 0.176. The molecule has 1 unspecified atom stereocenters. The van der Waals surface area contributed by atoms with E-state index in [1.165, 1.54) is 6.92 Å². The molecule has 2 rings (SSSR count). The van der Waals surface area contributed by atoms with E-state index in [2.05, 4.69) is 5.32 Å². The maximum Gasteiger partial charge on any atom is 0.265 e. The number of ether oxygens (including phenoxy) is 1. The summed E-state index contributed by atoms with van der Waals surface area (Å²) in [5.41, 5.74) is 1.05. The molecule has 0 aliphatic heterocycles. The van der Waals surface area contributed by atoms with Gasteiger partial charge in [-0.3, -0.25) is 9.59 Å². The van der Waals surface area contributed by atoms with E-state index in [0.717, 1.165) is 0 Å². The lowest BCUT2D eigenvalue weighted by Gasteiger charge is -2.16. The minimum Gasteiger partial charge on any atom is -0.479 e. The van der Waals surface area contributed by atoms with Gasteiger partial charge in [-0.25, -0.2) is 0 Å². The highest BCUT2D eigenvalue weighted by molar-refractivity contribution is 6.42. The highest BCUT2D eigenvalue weighted by Gasteiger charge is 2.17. The van der Waals surface area contributed by atoms with Crippen LogP contribution in [0.15, 0.2) is 42.5 Å². The van der Waals surface area contributed by atoms with Gasteiger partial charge in [-0.2, -0.15) is 0 Å². The van der Waals surface area contributed by atoms with E-state index in [-0.39, 0.29) is 16.7 Å². The van der Waals surface area contributed by atoms with Crippen molar-refractivity contribution >= 4 is 40.6 Å². The Labute approximate surface area is 144 Å². The van der Waals surface area contributed by atoms with Crippen molar-refractivity contribution < 1.29 is 14.3 Å². The van der Waals surface area contributed by atoms with Gasteiger partial charge in [0.1, 0.15) is 10.8 Å². The number of Topliss-reactive ketones (excluding diaryl/α,β-unsaturated/α-hetero) is 1. The Kier molecular flexibility index (Phi) is 5.64. The SMILES string of the molecule is CC(=O)c1cccc(NC(=O)C(C)Oc2cccc(Cl)c2Cl)c1. The number of carbonyl (C=O) groups is 2. The van der Waals surface area contributed by atoms with E-state index >= 15 is 0 Å². The second-order valence-corrected chi connectivity index (χ2v) is 5.72. The van der Waals surface area contributed by atoms with Crippen LogP contribution in [0.5, 0.6) is 5.75 Å². The molecule has 0 spiro atoms. The Morgan fingerprint density at radius 1 is 1.13 bits per heavy atom. The van der Waals surface area contributed by atoms with Crippen LogP contribution in [-0.4, -0.2) is 17.8 Å². The van der Waals surface area contributed by atoms with Crippen molar-refractivity contribution in [2.45, 2.75) is 20.0 Å². The lowest BCUT2D eigenvalue weighted by molar-refractivity contribution is -0.122. The van der Waals surface area contributed by atoms with Crippen LogP contribution < -0.4 is 10.1 Å². The average molecular weight is 352 g/mol. The second-order valence-electron chi connectivity index (χ2n) is 4.94. The fourth-order valence-electron chi connectivity index (χ4n) is 1.88. The zero-order valence-corrected chi connectivity index (χ0v) is 14.1. The van der Waals surface area contributed by atoms with Gasteiger partial charge < -0.3 is 10.1 Å². The minimum absolute atomic E-state index is 0.0730. The second kappa shape index (κ2) is 7.49. The molecule has 0 bridgehead atoms. The van der Waals surface area contributed by atoms with E-state index in [9.17, 15) is 9.59 Å². The molecule has 0 heterocycles. The Hall–Kier alpha value is -2.04. The van der Waals surface area contributed by atoms with Gasteiger partial charge in [-0.05, 0) is 38.1 Å². The Bertz CT molecular complexity index is 746. The first-order valence-electron chi connectivity index (χ1n) is 6.91. The Morgan fingerprint density at radius 3 is 2.52 bits per heavy atom. The van der Waals surface area contributed by atoms with E-state index in [4.69, 9.17) is 27.9 Å². The number of ketones is 1. The highest BCUT2D eigenvalue weighted by atomic mass is 35.5. The summed E-state index contributed by atoms with van der Waals surface area (Å²) in [4.78, 5) is 23.6. The summed E-state index contributed by atoms with van der Waals surface area (Å²) in [6, 6.07) is 11.6. The zero-order valence-electron chi connectivity index (χ0n) is 12.6. The van der Waals surface area contributed by atoms with Crippen LogP contribution in [0, 0.1) is 0 Å². The number of rotatable bonds is 5. The lowest BCUT2D eigenvalue weighted by atomic mass is 10.1. The maximum absolute atomic E-state index is 12.2. The third-order valence-corrected chi connectivity index (χ3v) is 3.93. The molecule has 1 atom stereocenters. The highest BCUT2D eigenvalue weighted by Crippen LogP contribution is 2.32. The average Bonchev–Trinajstić information content (AvgIpc) is 2.52. The van der Waals surface area contributed by atoms with Crippen LogP contribution in [-0.2, 0) is 4.79 Å². The largest absolute Gasteiger partial charge is 0.479 e. The van der Waals surface area contributed by atoms with Gasteiger partial charge in [0, 0.05) is 11.3 Å². The standard InChI is InChI=1S/C17H15Cl2NO3/c1-10(21)12-5-3-6-13(9-12)20-17(22)11(2)23-15-8-4-7-14(18)16(15)19/h3-9,11H,1-2H3,(H,20,22). The van der Waals surface area contributed by atoms with E-state index in [1.54, 1.807) is 49.4 Å². The van der Waals surface area contributed by atoms with E-state index in [1.807, 2.05) is 0 Å². The molecular weight excluding hydrogens is 337 g/mol. The van der Waals surface area contributed by atoms with Gasteiger partial charge in [-0.1, -0.05) is 41.4 Å². The summed E-state index contributed by atoms with van der Waals surface area (Å²) in [6.07, 6.45) is -0.785. The monoisotopic (exact) mass is 351 g/mol. The molecule has 0 aliphatic carbocycles. The molecule has 0 fully saturated rings. The predicted octanol–water partition coefficient (Wildman–Crippen LogP) is 4.60. The summed E-state index contributed by atoms with van der Waals surface area (Å²) < 4.78 is 5.54. The van der Waals surface area contributed by atoms with Gasteiger partial charge in [-0.15, -0.1) is 0 Å². The Morgan fingerprint density at radius 2 is 1.83 bits per heavy atom. The molecule has 0 aliphatic rings. The number of nitrogens with one attached hydrogen (secondary N) is 1. The van der Waals surface area contributed by atoms with Crippen molar-refractivity contribution in [2.75, 3.05) is 5.32 Å². The quantitative estimate of drug-likeness (QED) is 0.800. The van der Waals surface area contributed by atoms with Gasteiger partial charge in [0.05, 0.1) is 5.02 Å². The first-order valence-corrected chi connectivity index (χ1v) is 7.66. The van der Waals surface area contributed by atoms with E-state index < -0.39 is 6.10 Å². The topological polar surface area (TPSA) is 55.4 Å². The zero-order chi connectivity index (χ0) is 17.0. The van der Waals surface area contributed by atoms with E-state index in [0.29, 0.717) is 22.0 Å². The summed E-state index contributed by atoms with van der Waals surface area (Å²) in [5, 5.41) is 3.31. The van der Waals surface area contributed by atoms with Crippen LogP contribution in [0.25, 0.3) is 0 Å². The molecule has 0 radical (unpaired) electrons. The first kappa shape index (κ1) is 17.3. The number of carbonyl (C=O) groups excluding carboxylic acids is 2. The normalized spacial score (nSPS) is 11.7. The molecule has 120 valence electrons. The van der Waals surface area contributed by atoms with Crippen LogP contribution in [0.4, 0.5) is 5.69 Å². The Balaban J connectivity index is 2.07. The molecule has 23 heavy (non-hydrogen) atoms. The van der Waals surface area contributed by atoms with Crippen LogP contribution in [0.2, 0.25) is 10.0 Å². The third kappa shape index (κ3) is 4.47.